The van der Waals surface area contributed by atoms with Gasteiger partial charge >= 0.3 is 0 Å². The van der Waals surface area contributed by atoms with Crippen molar-refractivity contribution in [3.63, 3.8) is 0 Å². The average molecular weight is 314 g/mol. The fraction of sp³-hybridized carbons (Fsp3) is 0.700. The van der Waals surface area contributed by atoms with Crippen molar-refractivity contribution in [3.05, 3.63) is 29.8 Å². The van der Waals surface area contributed by atoms with Gasteiger partial charge in [-0.25, -0.2) is 0 Å². The molecular formula is C20H30N2O. The molecule has 0 bridgehead atoms. The molecule has 1 unspecified atom stereocenters. The van der Waals surface area contributed by atoms with E-state index < -0.39 is 0 Å². The van der Waals surface area contributed by atoms with Crippen molar-refractivity contribution < 1.29 is 4.74 Å². The number of ether oxygens (including phenoxy) is 1. The highest BCUT2D eigenvalue weighted by atomic mass is 16.5. The Morgan fingerprint density at radius 2 is 1.78 bits per heavy atom. The molecule has 3 saturated heterocycles. The van der Waals surface area contributed by atoms with E-state index in [9.17, 15) is 0 Å². The highest BCUT2D eigenvalue weighted by molar-refractivity contribution is 5.52. The molecule has 0 amide bonds. The zero-order valence-electron chi connectivity index (χ0n) is 14.8. The van der Waals surface area contributed by atoms with Crippen LogP contribution in [0.15, 0.2) is 24.3 Å². The Morgan fingerprint density at radius 3 is 2.48 bits per heavy atom. The van der Waals surface area contributed by atoms with Crippen molar-refractivity contribution in [3.8, 4) is 0 Å². The highest BCUT2D eigenvalue weighted by Crippen LogP contribution is 2.41. The fourth-order valence-corrected chi connectivity index (χ4v) is 4.57. The molecule has 0 aliphatic carbocycles. The summed E-state index contributed by atoms with van der Waals surface area (Å²) < 4.78 is 6.32. The van der Waals surface area contributed by atoms with Gasteiger partial charge in [0.2, 0.25) is 0 Å². The molecule has 3 nitrogen and oxygen atoms in total. The molecule has 0 radical (unpaired) electrons. The lowest BCUT2D eigenvalue weighted by Crippen LogP contribution is -2.75. The number of fused-ring (bicyclic) bond motifs is 2. The Bertz CT molecular complexity index is 552. The van der Waals surface area contributed by atoms with Gasteiger partial charge in [0, 0.05) is 18.3 Å². The van der Waals surface area contributed by atoms with Gasteiger partial charge in [0.15, 0.2) is 0 Å². The van der Waals surface area contributed by atoms with E-state index >= 15 is 0 Å². The Morgan fingerprint density at radius 1 is 1.04 bits per heavy atom. The van der Waals surface area contributed by atoms with Crippen molar-refractivity contribution in [2.24, 2.45) is 0 Å². The minimum absolute atomic E-state index is 0.0986. The molecule has 1 atom stereocenters. The first-order valence-corrected chi connectivity index (χ1v) is 9.21. The maximum absolute atomic E-state index is 6.32. The second kappa shape index (κ2) is 5.49. The lowest BCUT2D eigenvalue weighted by Gasteiger charge is -2.60. The molecule has 4 rings (SSSR count). The number of anilines is 1. The summed E-state index contributed by atoms with van der Waals surface area (Å²) in [6, 6.07) is 9.79. The van der Waals surface area contributed by atoms with E-state index in [1.165, 1.54) is 37.1 Å². The van der Waals surface area contributed by atoms with Crippen LogP contribution in [0.25, 0.3) is 0 Å². The van der Waals surface area contributed by atoms with Crippen LogP contribution in [0.1, 0.15) is 45.6 Å². The molecule has 0 saturated carbocycles. The second-order valence-electron chi connectivity index (χ2n) is 8.61. The Balaban J connectivity index is 1.46. The number of piperidine rings is 1. The largest absolute Gasteiger partial charge is 0.368 e. The Kier molecular flexibility index (Phi) is 3.69. The highest BCUT2D eigenvalue weighted by Gasteiger charge is 2.54. The second-order valence-corrected chi connectivity index (χ2v) is 8.61. The van der Waals surface area contributed by atoms with Crippen LogP contribution in [0.2, 0.25) is 0 Å². The first-order chi connectivity index (χ1) is 11.0. The summed E-state index contributed by atoms with van der Waals surface area (Å²) in [5.74, 6) is 0. The van der Waals surface area contributed by atoms with Gasteiger partial charge in [0.1, 0.15) is 5.60 Å². The molecule has 3 aliphatic heterocycles. The van der Waals surface area contributed by atoms with E-state index in [-0.39, 0.29) is 11.0 Å². The van der Waals surface area contributed by atoms with Crippen LogP contribution in [0.4, 0.5) is 5.69 Å². The van der Waals surface area contributed by atoms with Crippen molar-refractivity contribution in [2.75, 3.05) is 37.7 Å². The minimum atomic E-state index is 0.0986. The zero-order chi connectivity index (χ0) is 16.1. The van der Waals surface area contributed by atoms with Crippen LogP contribution >= 0.6 is 0 Å². The summed E-state index contributed by atoms with van der Waals surface area (Å²) in [5.41, 5.74) is 3.08. The number of morpholine rings is 1. The zero-order valence-corrected chi connectivity index (χ0v) is 14.8. The lowest BCUT2D eigenvalue weighted by molar-refractivity contribution is -0.169. The number of benzene rings is 1. The van der Waals surface area contributed by atoms with Crippen LogP contribution in [0.3, 0.4) is 0 Å². The molecular weight excluding hydrogens is 284 g/mol. The summed E-state index contributed by atoms with van der Waals surface area (Å²) in [5, 5.41) is 0. The van der Waals surface area contributed by atoms with Crippen LogP contribution in [-0.2, 0) is 10.2 Å². The van der Waals surface area contributed by atoms with Crippen molar-refractivity contribution in [1.82, 2.24) is 4.90 Å². The van der Waals surface area contributed by atoms with Gasteiger partial charge in [-0.1, -0.05) is 39.3 Å². The van der Waals surface area contributed by atoms with E-state index in [4.69, 9.17) is 4.74 Å². The van der Waals surface area contributed by atoms with Gasteiger partial charge in [-0.3, -0.25) is 4.90 Å². The van der Waals surface area contributed by atoms with Crippen molar-refractivity contribution >= 4 is 5.69 Å². The average Bonchev–Trinajstić information content (AvgIpc) is 2.51. The maximum atomic E-state index is 6.32. The Hall–Kier alpha value is -1.06. The fourth-order valence-electron chi connectivity index (χ4n) is 4.57. The third-order valence-electron chi connectivity index (χ3n) is 6.00. The van der Waals surface area contributed by atoms with E-state index in [1.54, 1.807) is 0 Å². The van der Waals surface area contributed by atoms with Crippen molar-refractivity contribution in [1.29, 1.82) is 0 Å². The molecule has 1 aromatic carbocycles. The van der Waals surface area contributed by atoms with Gasteiger partial charge in [0.05, 0.1) is 19.7 Å². The first kappa shape index (κ1) is 15.5. The van der Waals surface area contributed by atoms with E-state index in [0.717, 1.165) is 26.2 Å². The standard InChI is InChI=1S/C20H30N2O/c1-19(2,3)16-7-9-17(10-8-16)22-14-20(15-22)18-6-4-5-11-21(18)12-13-23-20/h7-10,18H,4-6,11-15H2,1-3H3. The smallest absolute Gasteiger partial charge is 0.118 e. The Labute approximate surface area is 140 Å². The third kappa shape index (κ3) is 2.68. The third-order valence-corrected chi connectivity index (χ3v) is 6.00. The molecule has 3 fully saturated rings. The summed E-state index contributed by atoms with van der Waals surface area (Å²) in [4.78, 5) is 5.18. The quantitative estimate of drug-likeness (QED) is 0.790. The molecule has 126 valence electrons. The predicted molar refractivity (Wildman–Crippen MR) is 95.3 cm³/mol. The monoisotopic (exact) mass is 314 g/mol. The summed E-state index contributed by atoms with van der Waals surface area (Å²) in [6.07, 6.45) is 4.05. The van der Waals surface area contributed by atoms with Gasteiger partial charge in [-0.2, -0.15) is 0 Å². The van der Waals surface area contributed by atoms with Gasteiger partial charge in [-0.05, 0) is 42.5 Å². The number of rotatable bonds is 1. The number of hydrogen-bond donors (Lipinski definition) is 0. The minimum Gasteiger partial charge on any atom is -0.368 e. The molecule has 3 aliphatic rings. The van der Waals surface area contributed by atoms with Gasteiger partial charge in [-0.15, -0.1) is 0 Å². The molecule has 3 heteroatoms. The van der Waals surface area contributed by atoms with E-state index in [0.29, 0.717) is 6.04 Å². The SMILES string of the molecule is CC(C)(C)c1ccc(N2CC3(C2)OCCN2CCCCC23)cc1. The van der Waals surface area contributed by atoms with Crippen LogP contribution in [-0.4, -0.2) is 49.3 Å². The predicted octanol–water partition coefficient (Wildman–Crippen LogP) is 3.43. The van der Waals surface area contributed by atoms with Crippen LogP contribution in [0, 0.1) is 0 Å². The molecule has 1 aromatic rings. The van der Waals surface area contributed by atoms with Crippen LogP contribution in [0.5, 0.6) is 0 Å². The maximum Gasteiger partial charge on any atom is 0.118 e. The molecule has 0 N–H and O–H groups in total. The summed E-state index contributed by atoms with van der Waals surface area (Å²) in [7, 11) is 0. The van der Waals surface area contributed by atoms with Gasteiger partial charge in [0.25, 0.3) is 0 Å². The van der Waals surface area contributed by atoms with Crippen LogP contribution < -0.4 is 4.90 Å². The van der Waals surface area contributed by atoms with E-state index in [2.05, 4.69) is 54.8 Å². The van der Waals surface area contributed by atoms with Gasteiger partial charge < -0.3 is 9.64 Å². The van der Waals surface area contributed by atoms with E-state index in [1.807, 2.05) is 0 Å². The number of nitrogens with zero attached hydrogens (tertiary/aromatic N) is 2. The normalized spacial score (nSPS) is 27.6. The number of hydrogen-bond acceptors (Lipinski definition) is 3. The molecule has 23 heavy (non-hydrogen) atoms. The molecule has 0 aromatic heterocycles. The van der Waals surface area contributed by atoms with Crippen molar-refractivity contribution in [2.45, 2.75) is 57.1 Å². The molecule has 1 spiro atoms. The molecule has 3 heterocycles. The summed E-state index contributed by atoms with van der Waals surface area (Å²) >= 11 is 0. The summed E-state index contributed by atoms with van der Waals surface area (Å²) in [6.45, 7) is 12.2. The first-order valence-electron chi connectivity index (χ1n) is 9.21. The lowest BCUT2D eigenvalue weighted by atomic mass is 9.78. The topological polar surface area (TPSA) is 15.7 Å².